The zero-order valence-electron chi connectivity index (χ0n) is 14.6. The van der Waals surface area contributed by atoms with E-state index in [0.717, 1.165) is 12.4 Å². The topological polar surface area (TPSA) is 63.2 Å². The van der Waals surface area contributed by atoms with Crippen LogP contribution in [0.5, 0.6) is 0 Å². The second-order valence-electron chi connectivity index (χ2n) is 6.35. The van der Waals surface area contributed by atoms with Crippen LogP contribution in [0.25, 0.3) is 0 Å². The van der Waals surface area contributed by atoms with Crippen LogP contribution in [0.3, 0.4) is 0 Å². The van der Waals surface area contributed by atoms with Crippen LogP contribution >= 0.6 is 0 Å². The Bertz CT molecular complexity index is 700. The van der Waals surface area contributed by atoms with Gasteiger partial charge in [-0.25, -0.2) is 4.98 Å². The summed E-state index contributed by atoms with van der Waals surface area (Å²) in [7, 11) is 1.61. The highest BCUT2D eigenvalue weighted by atomic mass is 16.5. The molecule has 2 N–H and O–H groups in total. The smallest absolute Gasteiger partial charge is 0.252 e. The van der Waals surface area contributed by atoms with Crippen LogP contribution in [0.15, 0.2) is 42.6 Å². The molecule has 0 radical (unpaired) electrons. The molecule has 0 aliphatic heterocycles. The van der Waals surface area contributed by atoms with Crippen molar-refractivity contribution in [2.24, 2.45) is 0 Å². The normalized spacial score (nSPS) is 16.1. The van der Waals surface area contributed by atoms with Gasteiger partial charge in [0, 0.05) is 32.3 Å². The molecule has 2 aromatic rings. The summed E-state index contributed by atoms with van der Waals surface area (Å²) < 4.78 is 4.92. The number of nitrogens with one attached hydrogen (secondary N) is 2. The Balaban J connectivity index is 1.55. The minimum Gasteiger partial charge on any atom is -0.383 e. The summed E-state index contributed by atoms with van der Waals surface area (Å²) in [4.78, 5) is 16.3. The molecule has 1 aliphatic rings. The van der Waals surface area contributed by atoms with E-state index in [2.05, 4.69) is 39.9 Å². The average molecular weight is 339 g/mol. The molecule has 25 heavy (non-hydrogen) atoms. The molecule has 5 heteroatoms. The van der Waals surface area contributed by atoms with Gasteiger partial charge in [0.1, 0.15) is 5.82 Å². The third kappa shape index (κ3) is 4.57. The highest BCUT2D eigenvalue weighted by Gasteiger charge is 2.19. The number of carbonyl (C=O) groups excluding carboxylic acids is 1. The Labute approximate surface area is 148 Å². The first-order chi connectivity index (χ1) is 12.3. The maximum absolute atomic E-state index is 11.9. The zero-order valence-corrected chi connectivity index (χ0v) is 14.6. The van der Waals surface area contributed by atoms with Gasteiger partial charge in [-0.3, -0.25) is 4.79 Å². The Kier molecular flexibility index (Phi) is 6.01. The van der Waals surface area contributed by atoms with Gasteiger partial charge >= 0.3 is 0 Å². The first-order valence-corrected chi connectivity index (χ1v) is 8.83. The van der Waals surface area contributed by atoms with E-state index in [0.29, 0.717) is 24.6 Å². The molecular formula is C20H25N3O2. The van der Waals surface area contributed by atoms with Crippen molar-refractivity contribution in [1.82, 2.24) is 10.3 Å². The van der Waals surface area contributed by atoms with Crippen LogP contribution in [-0.4, -0.2) is 37.7 Å². The number of benzene rings is 1. The SMILES string of the molecule is COCCNC(=O)c1ccc(NC[C@H]2CCCc3ccccc32)nc1. The summed E-state index contributed by atoms with van der Waals surface area (Å²) in [5, 5.41) is 6.20. The Morgan fingerprint density at radius 2 is 2.16 bits per heavy atom. The summed E-state index contributed by atoms with van der Waals surface area (Å²) in [6.45, 7) is 1.86. The molecule has 1 aromatic heterocycles. The van der Waals surface area contributed by atoms with Crippen molar-refractivity contribution in [1.29, 1.82) is 0 Å². The van der Waals surface area contributed by atoms with E-state index in [4.69, 9.17) is 4.74 Å². The molecule has 1 heterocycles. The van der Waals surface area contributed by atoms with Crippen LogP contribution in [0.1, 0.15) is 40.2 Å². The Morgan fingerprint density at radius 3 is 2.96 bits per heavy atom. The number of hydrogen-bond acceptors (Lipinski definition) is 4. The van der Waals surface area contributed by atoms with Crippen molar-refractivity contribution in [2.75, 3.05) is 32.1 Å². The summed E-state index contributed by atoms with van der Waals surface area (Å²) in [6, 6.07) is 12.4. The van der Waals surface area contributed by atoms with Gasteiger partial charge in [-0.2, -0.15) is 0 Å². The molecule has 132 valence electrons. The number of methoxy groups -OCH3 is 1. The third-order valence-corrected chi connectivity index (χ3v) is 4.64. The quantitative estimate of drug-likeness (QED) is 0.761. The molecular weight excluding hydrogens is 314 g/mol. The van der Waals surface area contributed by atoms with E-state index in [1.807, 2.05) is 6.07 Å². The van der Waals surface area contributed by atoms with Gasteiger partial charge < -0.3 is 15.4 Å². The number of anilines is 1. The fourth-order valence-electron chi connectivity index (χ4n) is 3.30. The molecule has 0 bridgehead atoms. The van der Waals surface area contributed by atoms with Crippen molar-refractivity contribution in [2.45, 2.75) is 25.2 Å². The molecule has 0 saturated heterocycles. The van der Waals surface area contributed by atoms with Gasteiger partial charge in [0.05, 0.1) is 12.2 Å². The lowest BCUT2D eigenvalue weighted by molar-refractivity contribution is 0.0937. The number of carbonyl (C=O) groups is 1. The van der Waals surface area contributed by atoms with Crippen molar-refractivity contribution in [3.05, 3.63) is 59.3 Å². The van der Waals surface area contributed by atoms with Crippen molar-refractivity contribution < 1.29 is 9.53 Å². The standard InChI is InChI=1S/C20H25N3O2/c1-25-12-11-21-20(24)17-9-10-19(23-14-17)22-13-16-7-4-6-15-5-2-3-8-18(15)16/h2-3,5,8-10,14,16H,4,6-7,11-13H2,1H3,(H,21,24)(H,22,23)/t16-/m1/s1. The fraction of sp³-hybridized carbons (Fsp3) is 0.400. The van der Waals surface area contributed by atoms with Gasteiger partial charge in [0.15, 0.2) is 0 Å². The number of hydrogen-bond donors (Lipinski definition) is 2. The number of fused-ring (bicyclic) bond motifs is 1. The molecule has 0 spiro atoms. The number of nitrogens with zero attached hydrogens (tertiary/aromatic N) is 1. The maximum atomic E-state index is 11.9. The molecule has 0 fully saturated rings. The molecule has 3 rings (SSSR count). The zero-order chi connectivity index (χ0) is 17.5. The van der Waals surface area contributed by atoms with Gasteiger partial charge in [-0.15, -0.1) is 0 Å². The molecule has 0 saturated carbocycles. The van der Waals surface area contributed by atoms with Crippen LogP contribution in [0.2, 0.25) is 0 Å². The predicted molar refractivity (Wildman–Crippen MR) is 99.1 cm³/mol. The minimum absolute atomic E-state index is 0.127. The summed E-state index contributed by atoms with van der Waals surface area (Å²) >= 11 is 0. The lowest BCUT2D eigenvalue weighted by Crippen LogP contribution is -2.27. The van der Waals surface area contributed by atoms with E-state index < -0.39 is 0 Å². The second kappa shape index (κ2) is 8.62. The lowest BCUT2D eigenvalue weighted by Gasteiger charge is -2.25. The average Bonchev–Trinajstić information content (AvgIpc) is 2.67. The number of pyridine rings is 1. The van der Waals surface area contributed by atoms with Crippen molar-refractivity contribution >= 4 is 11.7 Å². The van der Waals surface area contributed by atoms with E-state index in [1.54, 1.807) is 19.4 Å². The predicted octanol–water partition coefficient (Wildman–Crippen LogP) is 2.99. The van der Waals surface area contributed by atoms with Gasteiger partial charge in [0.2, 0.25) is 0 Å². The van der Waals surface area contributed by atoms with Gasteiger partial charge in [-0.05, 0) is 42.5 Å². The van der Waals surface area contributed by atoms with Gasteiger partial charge in [0.25, 0.3) is 5.91 Å². The lowest BCUT2D eigenvalue weighted by atomic mass is 9.83. The summed E-state index contributed by atoms with van der Waals surface area (Å²) in [6.07, 6.45) is 5.22. The largest absolute Gasteiger partial charge is 0.383 e. The molecule has 1 amide bonds. The molecule has 1 aromatic carbocycles. The summed E-state index contributed by atoms with van der Waals surface area (Å²) in [5.41, 5.74) is 3.48. The number of ether oxygens (including phenoxy) is 1. The van der Waals surface area contributed by atoms with Crippen LogP contribution in [0, 0.1) is 0 Å². The Morgan fingerprint density at radius 1 is 1.28 bits per heavy atom. The van der Waals surface area contributed by atoms with Crippen LogP contribution < -0.4 is 10.6 Å². The number of rotatable bonds is 7. The number of aryl methyl sites for hydroxylation is 1. The third-order valence-electron chi connectivity index (χ3n) is 4.64. The van der Waals surface area contributed by atoms with E-state index in [9.17, 15) is 4.79 Å². The molecule has 0 unspecified atom stereocenters. The maximum Gasteiger partial charge on any atom is 0.252 e. The highest BCUT2D eigenvalue weighted by molar-refractivity contribution is 5.94. The number of amides is 1. The highest BCUT2D eigenvalue weighted by Crippen LogP contribution is 2.31. The molecule has 1 aliphatic carbocycles. The first kappa shape index (κ1) is 17.4. The van der Waals surface area contributed by atoms with Crippen LogP contribution in [-0.2, 0) is 11.2 Å². The van der Waals surface area contributed by atoms with Gasteiger partial charge in [-0.1, -0.05) is 24.3 Å². The monoisotopic (exact) mass is 339 g/mol. The minimum atomic E-state index is -0.127. The summed E-state index contributed by atoms with van der Waals surface area (Å²) in [5.74, 6) is 1.19. The van der Waals surface area contributed by atoms with E-state index in [1.165, 1.54) is 30.4 Å². The van der Waals surface area contributed by atoms with Crippen LogP contribution in [0.4, 0.5) is 5.82 Å². The van der Waals surface area contributed by atoms with Crippen molar-refractivity contribution in [3.63, 3.8) is 0 Å². The van der Waals surface area contributed by atoms with E-state index >= 15 is 0 Å². The molecule has 1 atom stereocenters. The second-order valence-corrected chi connectivity index (χ2v) is 6.35. The van der Waals surface area contributed by atoms with E-state index in [-0.39, 0.29) is 5.91 Å². The molecule has 5 nitrogen and oxygen atoms in total. The number of aromatic nitrogens is 1. The first-order valence-electron chi connectivity index (χ1n) is 8.83. The van der Waals surface area contributed by atoms with Crippen molar-refractivity contribution in [3.8, 4) is 0 Å². The fourth-order valence-corrected chi connectivity index (χ4v) is 3.30. The Hall–Kier alpha value is -2.40.